The molecule has 0 aliphatic rings. The highest BCUT2D eigenvalue weighted by atomic mass is 35.5. The molecule has 1 amide bonds. The van der Waals surface area contributed by atoms with Crippen molar-refractivity contribution < 1.29 is 19.4 Å². The predicted octanol–water partition coefficient (Wildman–Crippen LogP) is 3.67. The number of halogens is 2. The van der Waals surface area contributed by atoms with Crippen LogP contribution in [0.4, 0.5) is 5.69 Å². The predicted molar refractivity (Wildman–Crippen MR) is 92.3 cm³/mol. The van der Waals surface area contributed by atoms with Crippen LogP contribution in [0.25, 0.3) is 0 Å². The molecule has 1 atom stereocenters. The molecule has 126 valence electrons. The Morgan fingerprint density at radius 1 is 1.17 bits per heavy atom. The maximum atomic E-state index is 12.1. The molecule has 24 heavy (non-hydrogen) atoms. The summed E-state index contributed by atoms with van der Waals surface area (Å²) in [5.41, 5.74) is 1.34. The van der Waals surface area contributed by atoms with Gasteiger partial charge in [0.15, 0.2) is 6.10 Å². The summed E-state index contributed by atoms with van der Waals surface area (Å²) in [5.74, 6) is -1.15. The number of aliphatic hydroxyl groups excluding tert-OH is 1. The van der Waals surface area contributed by atoms with Crippen LogP contribution in [0.3, 0.4) is 0 Å². The van der Waals surface area contributed by atoms with Gasteiger partial charge in [0, 0.05) is 5.02 Å². The fourth-order valence-corrected chi connectivity index (χ4v) is 2.31. The van der Waals surface area contributed by atoms with Crippen LogP contribution in [0.15, 0.2) is 42.5 Å². The van der Waals surface area contributed by atoms with Crippen molar-refractivity contribution in [2.24, 2.45) is 0 Å². The Morgan fingerprint density at radius 3 is 2.42 bits per heavy atom. The van der Waals surface area contributed by atoms with Gasteiger partial charge in [-0.1, -0.05) is 35.3 Å². The van der Waals surface area contributed by atoms with Gasteiger partial charge in [-0.2, -0.15) is 0 Å². The zero-order chi connectivity index (χ0) is 17.7. The molecule has 0 radical (unpaired) electrons. The van der Waals surface area contributed by atoms with E-state index < -0.39 is 18.0 Å². The molecule has 2 rings (SSSR count). The number of nitrogens with one attached hydrogen (secondary N) is 1. The van der Waals surface area contributed by atoms with Crippen molar-refractivity contribution >= 4 is 40.8 Å². The molecule has 0 spiro atoms. The van der Waals surface area contributed by atoms with E-state index in [0.717, 1.165) is 0 Å². The molecule has 2 N–H and O–H groups in total. The summed E-state index contributed by atoms with van der Waals surface area (Å²) in [6.07, 6.45) is -1.01. The molecule has 0 aliphatic heterocycles. The van der Waals surface area contributed by atoms with E-state index >= 15 is 0 Å². The van der Waals surface area contributed by atoms with Gasteiger partial charge >= 0.3 is 5.97 Å². The van der Waals surface area contributed by atoms with Crippen molar-refractivity contribution in [3.63, 3.8) is 0 Å². The SMILES string of the molecule is CC(OC(=O)c1ccc(CO)cc1)C(=O)Nc1ccc(Cl)cc1Cl. The molecule has 0 saturated carbocycles. The average molecular weight is 368 g/mol. The number of aliphatic hydroxyl groups is 1. The van der Waals surface area contributed by atoms with Crippen molar-refractivity contribution in [3.8, 4) is 0 Å². The maximum Gasteiger partial charge on any atom is 0.338 e. The largest absolute Gasteiger partial charge is 0.449 e. The Balaban J connectivity index is 1.98. The summed E-state index contributed by atoms with van der Waals surface area (Å²) in [7, 11) is 0. The van der Waals surface area contributed by atoms with Crippen molar-refractivity contribution in [3.05, 3.63) is 63.6 Å². The molecule has 0 bridgehead atoms. The molecule has 0 aliphatic carbocycles. The zero-order valence-electron chi connectivity index (χ0n) is 12.8. The van der Waals surface area contributed by atoms with E-state index in [1.807, 2.05) is 0 Å². The standard InChI is InChI=1S/C17H15Cl2NO4/c1-10(16(22)20-15-7-6-13(18)8-14(15)19)24-17(23)12-4-2-11(9-21)3-5-12/h2-8,10,21H,9H2,1H3,(H,20,22). The first-order valence-corrected chi connectivity index (χ1v) is 7.83. The second-order valence-corrected chi connectivity index (χ2v) is 5.86. The number of anilines is 1. The number of amides is 1. The summed E-state index contributed by atoms with van der Waals surface area (Å²) in [6, 6.07) is 10.9. The third kappa shape index (κ3) is 4.71. The van der Waals surface area contributed by atoms with Gasteiger partial charge in [0.25, 0.3) is 5.91 Å². The van der Waals surface area contributed by atoms with Crippen molar-refractivity contribution in [1.82, 2.24) is 0 Å². The van der Waals surface area contributed by atoms with Crippen molar-refractivity contribution in [1.29, 1.82) is 0 Å². The van der Waals surface area contributed by atoms with Gasteiger partial charge in [-0.25, -0.2) is 4.79 Å². The van der Waals surface area contributed by atoms with E-state index in [9.17, 15) is 9.59 Å². The lowest BCUT2D eigenvalue weighted by Crippen LogP contribution is -2.30. The van der Waals surface area contributed by atoms with E-state index in [2.05, 4.69) is 5.32 Å². The molecule has 0 heterocycles. The lowest BCUT2D eigenvalue weighted by atomic mass is 10.1. The van der Waals surface area contributed by atoms with Crippen LogP contribution in [-0.4, -0.2) is 23.1 Å². The van der Waals surface area contributed by atoms with Crippen LogP contribution in [0.1, 0.15) is 22.8 Å². The van der Waals surface area contributed by atoms with Crippen molar-refractivity contribution in [2.75, 3.05) is 5.32 Å². The van der Waals surface area contributed by atoms with Gasteiger partial charge in [-0.15, -0.1) is 0 Å². The van der Waals surface area contributed by atoms with E-state index in [0.29, 0.717) is 16.3 Å². The van der Waals surface area contributed by atoms with E-state index in [4.69, 9.17) is 33.0 Å². The monoisotopic (exact) mass is 367 g/mol. The number of benzene rings is 2. The van der Waals surface area contributed by atoms with Crippen LogP contribution < -0.4 is 5.32 Å². The fourth-order valence-electron chi connectivity index (χ4n) is 1.85. The van der Waals surface area contributed by atoms with Gasteiger partial charge in [0.2, 0.25) is 0 Å². The minimum Gasteiger partial charge on any atom is -0.449 e. The summed E-state index contributed by atoms with van der Waals surface area (Å²) >= 11 is 11.8. The van der Waals surface area contributed by atoms with Gasteiger partial charge < -0.3 is 15.2 Å². The lowest BCUT2D eigenvalue weighted by molar-refractivity contribution is -0.123. The molecular weight excluding hydrogens is 353 g/mol. The van der Waals surface area contributed by atoms with Crippen LogP contribution in [-0.2, 0) is 16.1 Å². The van der Waals surface area contributed by atoms with Crippen LogP contribution in [0, 0.1) is 0 Å². The third-order valence-corrected chi connectivity index (χ3v) is 3.76. The topological polar surface area (TPSA) is 75.6 Å². The Kier molecular flexibility index (Phi) is 6.20. The minimum atomic E-state index is -1.01. The number of ether oxygens (including phenoxy) is 1. The Hall–Kier alpha value is -2.08. The molecule has 0 fully saturated rings. The van der Waals surface area contributed by atoms with Gasteiger partial charge in [-0.05, 0) is 42.8 Å². The smallest absolute Gasteiger partial charge is 0.338 e. The maximum absolute atomic E-state index is 12.1. The molecule has 1 unspecified atom stereocenters. The number of hydrogen-bond donors (Lipinski definition) is 2. The van der Waals surface area contributed by atoms with Crippen molar-refractivity contribution in [2.45, 2.75) is 19.6 Å². The van der Waals surface area contributed by atoms with Crippen LogP contribution in [0.2, 0.25) is 10.0 Å². The lowest BCUT2D eigenvalue weighted by Gasteiger charge is -2.14. The average Bonchev–Trinajstić information content (AvgIpc) is 2.57. The Bertz CT molecular complexity index is 747. The Morgan fingerprint density at radius 2 is 1.83 bits per heavy atom. The Labute approximate surface area is 149 Å². The quantitative estimate of drug-likeness (QED) is 0.790. The minimum absolute atomic E-state index is 0.115. The van der Waals surface area contributed by atoms with Crippen LogP contribution >= 0.6 is 23.2 Å². The second kappa shape index (κ2) is 8.15. The first-order valence-electron chi connectivity index (χ1n) is 7.07. The third-order valence-electron chi connectivity index (χ3n) is 3.21. The molecule has 2 aromatic rings. The summed E-state index contributed by atoms with van der Waals surface area (Å²) in [6.45, 7) is 1.34. The molecule has 0 aromatic heterocycles. The van der Waals surface area contributed by atoms with E-state index in [1.54, 1.807) is 24.3 Å². The summed E-state index contributed by atoms with van der Waals surface area (Å²) in [5, 5.41) is 12.3. The fraction of sp³-hybridized carbons (Fsp3) is 0.176. The first kappa shape index (κ1) is 18.3. The molecular formula is C17H15Cl2NO4. The number of carbonyl (C=O) groups is 2. The van der Waals surface area contributed by atoms with E-state index in [1.165, 1.54) is 25.1 Å². The van der Waals surface area contributed by atoms with Crippen LogP contribution in [0.5, 0.6) is 0 Å². The summed E-state index contributed by atoms with van der Waals surface area (Å²) < 4.78 is 5.12. The zero-order valence-corrected chi connectivity index (χ0v) is 14.3. The molecule has 7 heteroatoms. The normalized spacial score (nSPS) is 11.7. The number of carbonyl (C=O) groups excluding carboxylic acids is 2. The number of hydrogen-bond acceptors (Lipinski definition) is 4. The molecule has 5 nitrogen and oxygen atoms in total. The molecule has 2 aromatic carbocycles. The van der Waals surface area contributed by atoms with E-state index in [-0.39, 0.29) is 17.2 Å². The second-order valence-electron chi connectivity index (χ2n) is 5.02. The highest BCUT2D eigenvalue weighted by molar-refractivity contribution is 6.36. The first-order chi connectivity index (χ1) is 11.4. The number of rotatable bonds is 5. The number of esters is 1. The van der Waals surface area contributed by atoms with Gasteiger partial charge in [0.05, 0.1) is 22.9 Å². The molecule has 0 saturated heterocycles. The summed E-state index contributed by atoms with van der Waals surface area (Å²) in [4.78, 5) is 24.1. The highest BCUT2D eigenvalue weighted by Crippen LogP contribution is 2.25. The van der Waals surface area contributed by atoms with Gasteiger partial charge in [0.1, 0.15) is 0 Å². The van der Waals surface area contributed by atoms with Gasteiger partial charge in [-0.3, -0.25) is 4.79 Å². The highest BCUT2D eigenvalue weighted by Gasteiger charge is 2.19.